The van der Waals surface area contributed by atoms with Gasteiger partial charge in [0.1, 0.15) is 0 Å². The molecule has 0 bridgehead atoms. The van der Waals surface area contributed by atoms with Gasteiger partial charge in [0.15, 0.2) is 5.69 Å². The van der Waals surface area contributed by atoms with Gasteiger partial charge in [-0.25, -0.2) is 4.79 Å². The fourth-order valence-corrected chi connectivity index (χ4v) is 1.98. The molecule has 0 aliphatic heterocycles. The van der Waals surface area contributed by atoms with Gasteiger partial charge in [0.2, 0.25) is 0 Å². The maximum Gasteiger partial charge on any atom is 0.356 e. The average Bonchev–Trinajstić information content (AvgIpc) is 2.81. The summed E-state index contributed by atoms with van der Waals surface area (Å²) in [5.41, 5.74) is 3.08. The predicted octanol–water partition coefficient (Wildman–Crippen LogP) is 2.52. The van der Waals surface area contributed by atoms with Gasteiger partial charge in [-0.2, -0.15) is 5.10 Å². The standard InChI is InChI=1S/C14H17N3O2/c1-3-17-13(14(18)19)12(9-16-17)15-8-11-7-5-4-6-10(11)2/h4-7,9,15H,3,8H2,1-2H3,(H,18,19). The van der Waals surface area contributed by atoms with Gasteiger partial charge in [0, 0.05) is 13.1 Å². The predicted molar refractivity (Wildman–Crippen MR) is 73.4 cm³/mol. The lowest BCUT2D eigenvalue weighted by Gasteiger charge is -2.08. The minimum absolute atomic E-state index is 0.205. The van der Waals surface area contributed by atoms with Crippen LogP contribution in [0.5, 0.6) is 0 Å². The summed E-state index contributed by atoms with van der Waals surface area (Å²) in [5.74, 6) is -0.966. The van der Waals surface area contributed by atoms with Gasteiger partial charge >= 0.3 is 5.97 Å². The molecule has 1 heterocycles. The molecule has 0 aliphatic rings. The van der Waals surface area contributed by atoms with Gasteiger partial charge in [0.05, 0.1) is 11.9 Å². The highest BCUT2D eigenvalue weighted by Gasteiger charge is 2.16. The highest BCUT2D eigenvalue weighted by atomic mass is 16.4. The van der Waals surface area contributed by atoms with E-state index in [0.717, 1.165) is 5.56 Å². The van der Waals surface area contributed by atoms with Crippen LogP contribution in [0.25, 0.3) is 0 Å². The first-order chi connectivity index (χ1) is 9.13. The summed E-state index contributed by atoms with van der Waals surface area (Å²) < 4.78 is 1.47. The molecule has 0 radical (unpaired) electrons. The average molecular weight is 259 g/mol. The van der Waals surface area contributed by atoms with E-state index >= 15 is 0 Å². The van der Waals surface area contributed by atoms with Crippen LogP contribution in [0.1, 0.15) is 28.5 Å². The number of aryl methyl sites for hydroxylation is 2. The van der Waals surface area contributed by atoms with Crippen molar-refractivity contribution in [1.82, 2.24) is 9.78 Å². The quantitative estimate of drug-likeness (QED) is 0.865. The summed E-state index contributed by atoms with van der Waals surface area (Å²) in [6.45, 7) is 5.02. The summed E-state index contributed by atoms with van der Waals surface area (Å²) in [6.07, 6.45) is 1.56. The minimum atomic E-state index is -0.966. The number of nitrogens with one attached hydrogen (secondary N) is 1. The van der Waals surface area contributed by atoms with Crippen LogP contribution < -0.4 is 5.32 Å². The Morgan fingerprint density at radius 1 is 1.42 bits per heavy atom. The van der Waals surface area contributed by atoms with Crippen molar-refractivity contribution in [2.45, 2.75) is 26.9 Å². The molecule has 0 fully saturated rings. The third-order valence-electron chi connectivity index (χ3n) is 3.07. The molecule has 2 rings (SSSR count). The Balaban J connectivity index is 2.18. The molecule has 2 aromatic rings. The molecule has 5 heteroatoms. The Bertz CT molecular complexity index is 590. The van der Waals surface area contributed by atoms with E-state index in [0.29, 0.717) is 18.8 Å². The van der Waals surface area contributed by atoms with Crippen molar-refractivity contribution in [2.75, 3.05) is 5.32 Å². The third-order valence-corrected chi connectivity index (χ3v) is 3.07. The van der Waals surface area contributed by atoms with Gasteiger partial charge < -0.3 is 10.4 Å². The summed E-state index contributed by atoms with van der Waals surface area (Å²) >= 11 is 0. The summed E-state index contributed by atoms with van der Waals surface area (Å²) in [4.78, 5) is 11.2. The Labute approximate surface area is 111 Å². The van der Waals surface area contributed by atoms with Crippen LogP contribution in [-0.4, -0.2) is 20.9 Å². The zero-order valence-corrected chi connectivity index (χ0v) is 11.1. The Morgan fingerprint density at radius 3 is 2.79 bits per heavy atom. The number of carbonyl (C=O) groups is 1. The normalized spacial score (nSPS) is 10.4. The first-order valence-electron chi connectivity index (χ1n) is 6.21. The van der Waals surface area contributed by atoms with Gasteiger partial charge in [0.25, 0.3) is 0 Å². The SMILES string of the molecule is CCn1ncc(NCc2ccccc2C)c1C(=O)O. The second kappa shape index (κ2) is 5.56. The first kappa shape index (κ1) is 13.1. The zero-order chi connectivity index (χ0) is 13.8. The van der Waals surface area contributed by atoms with Crippen LogP contribution in [0.3, 0.4) is 0 Å². The first-order valence-corrected chi connectivity index (χ1v) is 6.21. The van der Waals surface area contributed by atoms with Crippen LogP contribution in [0.2, 0.25) is 0 Å². The molecule has 5 nitrogen and oxygen atoms in total. The molecule has 1 aromatic heterocycles. The topological polar surface area (TPSA) is 67.2 Å². The van der Waals surface area contributed by atoms with E-state index in [9.17, 15) is 9.90 Å². The van der Waals surface area contributed by atoms with E-state index in [1.807, 2.05) is 38.1 Å². The molecule has 0 saturated carbocycles. The van der Waals surface area contributed by atoms with E-state index in [-0.39, 0.29) is 5.69 Å². The zero-order valence-electron chi connectivity index (χ0n) is 11.1. The van der Waals surface area contributed by atoms with Crippen LogP contribution in [-0.2, 0) is 13.1 Å². The fraction of sp³-hybridized carbons (Fsp3) is 0.286. The Morgan fingerprint density at radius 2 is 2.16 bits per heavy atom. The fourth-order valence-electron chi connectivity index (χ4n) is 1.98. The van der Waals surface area contributed by atoms with E-state index in [4.69, 9.17) is 0 Å². The van der Waals surface area contributed by atoms with Crippen molar-refractivity contribution in [3.63, 3.8) is 0 Å². The van der Waals surface area contributed by atoms with Crippen LogP contribution in [0.4, 0.5) is 5.69 Å². The number of nitrogens with zero attached hydrogens (tertiary/aromatic N) is 2. The Hall–Kier alpha value is -2.30. The van der Waals surface area contributed by atoms with Crippen molar-refractivity contribution in [3.05, 3.63) is 47.3 Å². The number of rotatable bonds is 5. The number of aromatic nitrogens is 2. The molecule has 100 valence electrons. The number of carboxylic acid groups (broad SMARTS) is 1. The van der Waals surface area contributed by atoms with Crippen LogP contribution >= 0.6 is 0 Å². The lowest BCUT2D eigenvalue weighted by Crippen LogP contribution is -2.11. The number of benzene rings is 1. The van der Waals surface area contributed by atoms with Crippen LogP contribution in [0.15, 0.2) is 30.5 Å². The lowest BCUT2D eigenvalue weighted by atomic mass is 10.1. The van der Waals surface area contributed by atoms with Crippen molar-refractivity contribution >= 4 is 11.7 Å². The largest absolute Gasteiger partial charge is 0.476 e. The molecule has 0 atom stereocenters. The molecular formula is C14H17N3O2. The van der Waals surface area contributed by atoms with E-state index in [1.54, 1.807) is 6.20 Å². The monoisotopic (exact) mass is 259 g/mol. The molecular weight excluding hydrogens is 242 g/mol. The van der Waals surface area contributed by atoms with E-state index in [1.165, 1.54) is 10.2 Å². The number of hydrogen-bond donors (Lipinski definition) is 2. The maximum atomic E-state index is 11.2. The minimum Gasteiger partial charge on any atom is -0.476 e. The molecule has 0 saturated heterocycles. The number of carboxylic acids is 1. The molecule has 0 aliphatic carbocycles. The molecule has 1 aromatic carbocycles. The van der Waals surface area contributed by atoms with Gasteiger partial charge in [-0.05, 0) is 25.0 Å². The van der Waals surface area contributed by atoms with Crippen molar-refractivity contribution in [1.29, 1.82) is 0 Å². The van der Waals surface area contributed by atoms with Gasteiger partial charge in [-0.3, -0.25) is 4.68 Å². The van der Waals surface area contributed by atoms with Crippen molar-refractivity contribution in [3.8, 4) is 0 Å². The maximum absolute atomic E-state index is 11.2. The van der Waals surface area contributed by atoms with Gasteiger partial charge in [-0.1, -0.05) is 24.3 Å². The smallest absolute Gasteiger partial charge is 0.356 e. The number of aromatic carboxylic acids is 1. The Kier molecular flexibility index (Phi) is 3.85. The molecule has 19 heavy (non-hydrogen) atoms. The number of anilines is 1. The van der Waals surface area contributed by atoms with E-state index < -0.39 is 5.97 Å². The second-order valence-electron chi connectivity index (χ2n) is 4.31. The van der Waals surface area contributed by atoms with Crippen molar-refractivity contribution < 1.29 is 9.90 Å². The van der Waals surface area contributed by atoms with Gasteiger partial charge in [-0.15, -0.1) is 0 Å². The molecule has 0 unspecified atom stereocenters. The third kappa shape index (κ3) is 2.76. The molecule has 0 amide bonds. The summed E-state index contributed by atoms with van der Waals surface area (Å²) in [6, 6.07) is 8.01. The lowest BCUT2D eigenvalue weighted by molar-refractivity contribution is 0.0684. The number of hydrogen-bond acceptors (Lipinski definition) is 3. The van der Waals surface area contributed by atoms with Crippen molar-refractivity contribution in [2.24, 2.45) is 0 Å². The second-order valence-corrected chi connectivity index (χ2v) is 4.31. The molecule has 0 spiro atoms. The highest BCUT2D eigenvalue weighted by Crippen LogP contribution is 2.17. The highest BCUT2D eigenvalue weighted by molar-refractivity contribution is 5.92. The molecule has 2 N–H and O–H groups in total. The summed E-state index contributed by atoms with van der Waals surface area (Å²) in [7, 11) is 0. The van der Waals surface area contributed by atoms with E-state index in [2.05, 4.69) is 10.4 Å². The van der Waals surface area contributed by atoms with Crippen LogP contribution in [0, 0.1) is 6.92 Å². The summed E-state index contributed by atoms with van der Waals surface area (Å²) in [5, 5.41) is 16.4.